The van der Waals surface area contributed by atoms with Crippen molar-refractivity contribution in [3.05, 3.63) is 36.0 Å². The Labute approximate surface area is 148 Å². The summed E-state index contributed by atoms with van der Waals surface area (Å²) >= 11 is 0. The second-order valence-electron chi connectivity index (χ2n) is 6.87. The molecular formula is C18H24ClN3O2. The molecule has 2 N–H and O–H groups in total. The van der Waals surface area contributed by atoms with Crippen molar-refractivity contribution < 1.29 is 9.53 Å². The van der Waals surface area contributed by atoms with Gasteiger partial charge in [-0.05, 0) is 24.7 Å². The average Bonchev–Trinajstić information content (AvgIpc) is 3.10. The predicted molar refractivity (Wildman–Crippen MR) is 96.9 cm³/mol. The fraction of sp³-hybridized carbons (Fsp3) is 0.500. The lowest BCUT2D eigenvalue weighted by Crippen LogP contribution is -2.45. The van der Waals surface area contributed by atoms with E-state index < -0.39 is 0 Å². The van der Waals surface area contributed by atoms with E-state index in [0.29, 0.717) is 6.54 Å². The van der Waals surface area contributed by atoms with Crippen LogP contribution in [0.4, 0.5) is 4.79 Å². The first kappa shape index (κ1) is 17.1. The first-order chi connectivity index (χ1) is 11.2. The number of fused-ring (bicyclic) bond motifs is 1. The molecule has 1 aromatic heterocycles. The molecule has 1 amide bonds. The Kier molecular flexibility index (Phi) is 4.74. The number of aromatic nitrogens is 1. The zero-order valence-electron chi connectivity index (χ0n) is 13.9. The Morgan fingerprint density at radius 3 is 2.83 bits per heavy atom. The number of carbonyl (C=O) groups excluding carboxylic acids is 1. The Morgan fingerprint density at radius 1 is 1.29 bits per heavy atom. The number of carbonyl (C=O) groups is 1. The average molecular weight is 350 g/mol. The Bertz CT molecular complexity index is 724. The minimum Gasteiger partial charge on any atom is -0.441 e. The highest BCUT2D eigenvalue weighted by atomic mass is 35.5. The number of halogens is 1. The number of hydrogen-bond acceptors (Lipinski definition) is 3. The monoisotopic (exact) mass is 349 g/mol. The Balaban J connectivity index is 0.00000169. The van der Waals surface area contributed by atoms with E-state index in [1.165, 1.54) is 10.9 Å². The third-order valence-electron chi connectivity index (χ3n) is 5.20. The zero-order valence-corrected chi connectivity index (χ0v) is 14.7. The van der Waals surface area contributed by atoms with Gasteiger partial charge in [-0.2, -0.15) is 0 Å². The summed E-state index contributed by atoms with van der Waals surface area (Å²) in [6.07, 6.45) is 3.74. The highest BCUT2D eigenvalue weighted by molar-refractivity contribution is 5.85. The van der Waals surface area contributed by atoms with Gasteiger partial charge in [-0.15, -0.1) is 12.4 Å². The van der Waals surface area contributed by atoms with Crippen molar-refractivity contribution in [3.8, 4) is 0 Å². The molecule has 24 heavy (non-hydrogen) atoms. The van der Waals surface area contributed by atoms with Crippen LogP contribution >= 0.6 is 12.4 Å². The number of para-hydroxylation sites is 1. The fourth-order valence-corrected chi connectivity index (χ4v) is 3.91. The van der Waals surface area contributed by atoms with Gasteiger partial charge >= 0.3 is 6.09 Å². The number of piperidine rings is 1. The van der Waals surface area contributed by atoms with Gasteiger partial charge in [0.2, 0.25) is 0 Å². The van der Waals surface area contributed by atoms with Crippen molar-refractivity contribution >= 4 is 29.4 Å². The molecule has 0 radical (unpaired) electrons. The molecule has 0 bridgehead atoms. The van der Waals surface area contributed by atoms with Crippen molar-refractivity contribution in [2.75, 3.05) is 26.2 Å². The Morgan fingerprint density at radius 2 is 2.04 bits per heavy atom. The van der Waals surface area contributed by atoms with Crippen molar-refractivity contribution in [2.24, 2.45) is 0 Å². The van der Waals surface area contributed by atoms with E-state index in [9.17, 15) is 4.79 Å². The summed E-state index contributed by atoms with van der Waals surface area (Å²) in [6, 6.07) is 8.31. The van der Waals surface area contributed by atoms with Gasteiger partial charge in [0, 0.05) is 42.4 Å². The molecule has 0 aliphatic carbocycles. The lowest BCUT2D eigenvalue weighted by atomic mass is 9.92. The lowest BCUT2D eigenvalue weighted by Gasteiger charge is -2.31. The van der Waals surface area contributed by atoms with Gasteiger partial charge in [0.05, 0.1) is 6.54 Å². The van der Waals surface area contributed by atoms with Gasteiger partial charge in [-0.3, -0.25) is 0 Å². The molecule has 2 aliphatic heterocycles. The molecule has 1 spiro atoms. The maximum absolute atomic E-state index is 12.3. The summed E-state index contributed by atoms with van der Waals surface area (Å²) in [5, 5.41) is 4.57. The molecule has 3 heterocycles. The van der Waals surface area contributed by atoms with Crippen LogP contribution in [-0.2, 0) is 4.74 Å². The third kappa shape index (κ3) is 2.98. The molecule has 1 aromatic carbocycles. The highest BCUT2D eigenvalue weighted by Gasteiger charge is 2.45. The van der Waals surface area contributed by atoms with Crippen molar-refractivity contribution in [2.45, 2.75) is 31.3 Å². The standard InChI is InChI=1S/C18H23N3O2.ClH/c1-13(15-10-20-16-5-3-2-4-14(15)16)11-21-12-18(23-17(21)22)6-8-19-9-7-18;/h2-5,10,13,19-20H,6-9,11-12H2,1H3;1H. The first-order valence-electron chi connectivity index (χ1n) is 8.42. The van der Waals surface area contributed by atoms with Crippen LogP contribution in [0.1, 0.15) is 31.2 Å². The first-order valence-corrected chi connectivity index (χ1v) is 8.42. The molecule has 4 rings (SSSR count). The van der Waals surface area contributed by atoms with E-state index in [0.717, 1.165) is 38.0 Å². The zero-order chi connectivity index (χ0) is 15.9. The van der Waals surface area contributed by atoms with Crippen molar-refractivity contribution in [1.82, 2.24) is 15.2 Å². The normalized spacial score (nSPS) is 20.9. The smallest absolute Gasteiger partial charge is 0.410 e. The topological polar surface area (TPSA) is 57.4 Å². The van der Waals surface area contributed by atoms with Crippen LogP contribution in [0.25, 0.3) is 10.9 Å². The van der Waals surface area contributed by atoms with Crippen LogP contribution in [0.15, 0.2) is 30.5 Å². The van der Waals surface area contributed by atoms with Gasteiger partial charge in [-0.25, -0.2) is 4.79 Å². The van der Waals surface area contributed by atoms with Gasteiger partial charge < -0.3 is 19.9 Å². The molecule has 2 fully saturated rings. The summed E-state index contributed by atoms with van der Waals surface area (Å²) in [6.45, 7) is 5.46. The molecule has 6 heteroatoms. The second-order valence-corrected chi connectivity index (χ2v) is 6.87. The SMILES string of the molecule is CC(CN1CC2(CCNCC2)OC1=O)c1c[nH]c2ccccc12.Cl. The summed E-state index contributed by atoms with van der Waals surface area (Å²) in [5.41, 5.74) is 2.15. The fourth-order valence-electron chi connectivity index (χ4n) is 3.91. The number of benzene rings is 1. The number of rotatable bonds is 3. The van der Waals surface area contributed by atoms with Crippen LogP contribution in [0, 0.1) is 0 Å². The van der Waals surface area contributed by atoms with E-state index in [1.807, 2.05) is 11.0 Å². The minimum atomic E-state index is -0.262. The summed E-state index contributed by atoms with van der Waals surface area (Å²) in [5.74, 6) is 0.274. The van der Waals surface area contributed by atoms with Crippen LogP contribution < -0.4 is 5.32 Å². The molecule has 130 valence electrons. The Hall–Kier alpha value is -1.72. The maximum Gasteiger partial charge on any atom is 0.410 e. The molecular weight excluding hydrogens is 326 g/mol. The molecule has 1 unspecified atom stereocenters. The lowest BCUT2D eigenvalue weighted by molar-refractivity contribution is 0.0316. The number of amides is 1. The molecule has 1 atom stereocenters. The molecule has 2 aliphatic rings. The number of nitrogens with zero attached hydrogens (tertiary/aromatic N) is 1. The number of hydrogen-bond donors (Lipinski definition) is 2. The molecule has 0 saturated carbocycles. The van der Waals surface area contributed by atoms with Gasteiger partial charge in [0.25, 0.3) is 0 Å². The summed E-state index contributed by atoms with van der Waals surface area (Å²) in [7, 11) is 0. The van der Waals surface area contributed by atoms with Gasteiger partial charge in [0.1, 0.15) is 5.60 Å². The molecule has 2 aromatic rings. The largest absolute Gasteiger partial charge is 0.441 e. The van der Waals surface area contributed by atoms with E-state index in [-0.39, 0.29) is 30.0 Å². The van der Waals surface area contributed by atoms with E-state index >= 15 is 0 Å². The van der Waals surface area contributed by atoms with E-state index in [4.69, 9.17) is 4.74 Å². The summed E-state index contributed by atoms with van der Waals surface area (Å²) in [4.78, 5) is 17.5. The second kappa shape index (κ2) is 6.65. The van der Waals surface area contributed by atoms with Crippen LogP contribution in [0.5, 0.6) is 0 Å². The number of nitrogens with one attached hydrogen (secondary N) is 2. The number of H-pyrrole nitrogens is 1. The molecule has 5 nitrogen and oxygen atoms in total. The van der Waals surface area contributed by atoms with E-state index in [2.05, 4.69) is 41.6 Å². The van der Waals surface area contributed by atoms with Crippen LogP contribution in [0.2, 0.25) is 0 Å². The molecule has 2 saturated heterocycles. The van der Waals surface area contributed by atoms with Gasteiger partial charge in [0.15, 0.2) is 0 Å². The number of ether oxygens (including phenoxy) is 1. The maximum atomic E-state index is 12.3. The van der Waals surface area contributed by atoms with E-state index in [1.54, 1.807) is 0 Å². The summed E-state index contributed by atoms with van der Waals surface area (Å²) < 4.78 is 5.75. The minimum absolute atomic E-state index is 0. The quantitative estimate of drug-likeness (QED) is 0.894. The van der Waals surface area contributed by atoms with Gasteiger partial charge in [-0.1, -0.05) is 25.1 Å². The van der Waals surface area contributed by atoms with Crippen molar-refractivity contribution in [1.29, 1.82) is 0 Å². The predicted octanol–water partition coefficient (Wildman–Crippen LogP) is 3.27. The van der Waals surface area contributed by atoms with Crippen LogP contribution in [0.3, 0.4) is 0 Å². The highest BCUT2D eigenvalue weighted by Crippen LogP contribution is 2.33. The van der Waals surface area contributed by atoms with Crippen molar-refractivity contribution in [3.63, 3.8) is 0 Å². The number of aromatic amines is 1. The van der Waals surface area contributed by atoms with Crippen LogP contribution in [-0.4, -0.2) is 47.8 Å². The third-order valence-corrected chi connectivity index (χ3v) is 5.20.